The Balaban J connectivity index is 1.67. The van der Waals surface area contributed by atoms with Crippen LogP contribution in [0.5, 0.6) is 0 Å². The minimum absolute atomic E-state index is 0.0480. The molecule has 0 atom stereocenters. The number of halogens is 2. The van der Waals surface area contributed by atoms with Crippen molar-refractivity contribution in [1.82, 2.24) is 14.8 Å². The van der Waals surface area contributed by atoms with Crippen molar-refractivity contribution in [2.75, 3.05) is 18.5 Å². The number of carbonyl (C=O) groups excluding carboxylic acids is 1. The van der Waals surface area contributed by atoms with Crippen LogP contribution in [0.25, 0.3) is 22.0 Å². The Morgan fingerprint density at radius 3 is 2.62 bits per heavy atom. The van der Waals surface area contributed by atoms with Crippen molar-refractivity contribution in [1.29, 1.82) is 5.26 Å². The number of hydrogen-bond acceptors (Lipinski definition) is 7. The molecule has 0 bridgehead atoms. The van der Waals surface area contributed by atoms with Crippen molar-refractivity contribution in [2.24, 2.45) is 0 Å². The summed E-state index contributed by atoms with van der Waals surface area (Å²) in [5, 5.41) is 17.5. The molecule has 1 N–H and O–H groups in total. The SMILES string of the molecule is CCOC(=O)CCCNc1nc(F)c(-c2nn(Cc3ccc(C#N)cc3)c(=O)c3ccccc23)cc1Cl. The highest BCUT2D eigenvalue weighted by Crippen LogP contribution is 2.31. The minimum Gasteiger partial charge on any atom is -0.466 e. The molecule has 0 radical (unpaired) electrons. The number of nitriles is 1. The van der Waals surface area contributed by atoms with Crippen molar-refractivity contribution >= 4 is 34.2 Å². The molecule has 0 aliphatic heterocycles. The molecule has 0 fully saturated rings. The monoisotopic (exact) mass is 519 g/mol. The van der Waals surface area contributed by atoms with Gasteiger partial charge in [-0.15, -0.1) is 0 Å². The normalized spacial score (nSPS) is 10.8. The van der Waals surface area contributed by atoms with Crippen molar-refractivity contribution in [3.63, 3.8) is 0 Å². The van der Waals surface area contributed by atoms with E-state index in [2.05, 4.69) is 21.5 Å². The summed E-state index contributed by atoms with van der Waals surface area (Å²) < 4.78 is 21.4. The molecule has 4 rings (SSSR count). The van der Waals surface area contributed by atoms with Crippen LogP contribution in [0.15, 0.2) is 59.4 Å². The van der Waals surface area contributed by atoms with Crippen LogP contribution in [-0.2, 0) is 16.1 Å². The molecule has 0 aliphatic rings. The van der Waals surface area contributed by atoms with Gasteiger partial charge in [-0.1, -0.05) is 41.9 Å². The van der Waals surface area contributed by atoms with Gasteiger partial charge in [0, 0.05) is 18.4 Å². The van der Waals surface area contributed by atoms with E-state index in [9.17, 15) is 9.59 Å². The second-order valence-electron chi connectivity index (χ2n) is 8.16. The van der Waals surface area contributed by atoms with E-state index >= 15 is 4.39 Å². The summed E-state index contributed by atoms with van der Waals surface area (Å²) in [4.78, 5) is 28.6. The lowest BCUT2D eigenvalue weighted by atomic mass is 10.1. The largest absolute Gasteiger partial charge is 0.466 e. The number of carbonyl (C=O) groups is 1. The maximum Gasteiger partial charge on any atom is 0.305 e. The first kappa shape index (κ1) is 25.8. The van der Waals surface area contributed by atoms with E-state index in [1.807, 2.05) is 0 Å². The molecule has 188 valence electrons. The number of nitrogens with zero attached hydrogens (tertiary/aromatic N) is 4. The fourth-order valence-corrected chi connectivity index (χ4v) is 4.05. The number of nitrogens with one attached hydrogen (secondary N) is 1. The first-order valence-electron chi connectivity index (χ1n) is 11.7. The third-order valence-corrected chi connectivity index (χ3v) is 5.91. The van der Waals surface area contributed by atoms with Crippen LogP contribution < -0.4 is 10.9 Å². The van der Waals surface area contributed by atoms with Gasteiger partial charge in [0.15, 0.2) is 0 Å². The van der Waals surface area contributed by atoms with Crippen LogP contribution >= 0.6 is 11.6 Å². The summed E-state index contributed by atoms with van der Waals surface area (Å²) in [6.07, 6.45) is 0.683. The average molecular weight is 520 g/mol. The van der Waals surface area contributed by atoms with Crippen LogP contribution in [0.4, 0.5) is 10.2 Å². The first-order chi connectivity index (χ1) is 17.9. The highest BCUT2D eigenvalue weighted by molar-refractivity contribution is 6.33. The van der Waals surface area contributed by atoms with Crippen molar-refractivity contribution in [3.05, 3.63) is 87.0 Å². The zero-order valence-corrected chi connectivity index (χ0v) is 20.8. The minimum atomic E-state index is -0.807. The van der Waals surface area contributed by atoms with E-state index in [-0.39, 0.29) is 46.6 Å². The van der Waals surface area contributed by atoms with E-state index in [4.69, 9.17) is 21.6 Å². The molecular weight excluding hydrogens is 497 g/mol. The van der Waals surface area contributed by atoms with Crippen molar-refractivity contribution in [3.8, 4) is 17.3 Å². The second-order valence-corrected chi connectivity index (χ2v) is 8.57. The zero-order valence-electron chi connectivity index (χ0n) is 20.0. The lowest BCUT2D eigenvalue weighted by molar-refractivity contribution is -0.143. The Hall–Kier alpha value is -4.29. The topological polar surface area (TPSA) is 110 Å². The number of benzene rings is 2. The third kappa shape index (κ3) is 5.93. The molecule has 2 aromatic heterocycles. The summed E-state index contributed by atoms with van der Waals surface area (Å²) in [7, 11) is 0. The zero-order chi connectivity index (χ0) is 26.4. The van der Waals surface area contributed by atoms with Gasteiger partial charge >= 0.3 is 5.97 Å². The Morgan fingerprint density at radius 2 is 1.92 bits per heavy atom. The number of fused-ring (bicyclic) bond motifs is 1. The molecule has 0 spiro atoms. The molecule has 4 aromatic rings. The average Bonchev–Trinajstić information content (AvgIpc) is 2.90. The predicted octanol–water partition coefficient (Wildman–Crippen LogP) is 4.93. The van der Waals surface area contributed by atoms with E-state index in [0.29, 0.717) is 35.9 Å². The fraction of sp³-hybridized carbons (Fsp3) is 0.222. The lowest BCUT2D eigenvalue weighted by Crippen LogP contribution is -2.24. The Labute approximate surface area is 217 Å². The molecule has 0 saturated carbocycles. The number of rotatable bonds is 9. The standard InChI is InChI=1S/C27H23ClFN5O3/c1-2-37-23(35)8-5-13-31-26-22(28)14-21(25(29)32-26)24-19-6-3-4-7-20(19)27(36)34(33-24)16-18-11-9-17(15-30)10-12-18/h3-4,6-7,9-12,14H,2,5,8,13,16H2,1H3,(H,31,32). The molecule has 2 aromatic carbocycles. The molecule has 8 nitrogen and oxygen atoms in total. The van der Waals surface area contributed by atoms with Gasteiger partial charge in [-0.2, -0.15) is 14.8 Å². The van der Waals surface area contributed by atoms with Crippen LogP contribution in [0, 0.1) is 17.3 Å². The van der Waals surface area contributed by atoms with Gasteiger partial charge in [0.2, 0.25) is 5.95 Å². The number of hydrogen-bond donors (Lipinski definition) is 1. The van der Waals surface area contributed by atoms with Crippen molar-refractivity contribution < 1.29 is 13.9 Å². The van der Waals surface area contributed by atoms with Gasteiger partial charge in [-0.05, 0) is 43.2 Å². The number of esters is 1. The molecular formula is C27H23ClFN5O3. The van der Waals surface area contributed by atoms with Crippen LogP contribution in [0.3, 0.4) is 0 Å². The quantitative estimate of drug-likeness (QED) is 0.190. The van der Waals surface area contributed by atoms with Gasteiger partial charge in [-0.3, -0.25) is 9.59 Å². The summed E-state index contributed by atoms with van der Waals surface area (Å²) in [5.74, 6) is -0.973. The Kier molecular flexibility index (Phi) is 8.11. The van der Waals surface area contributed by atoms with Gasteiger partial charge in [0.05, 0.1) is 40.8 Å². The number of aromatic nitrogens is 3. The summed E-state index contributed by atoms with van der Waals surface area (Å²) in [6.45, 7) is 2.53. The van der Waals surface area contributed by atoms with Crippen LogP contribution in [0.1, 0.15) is 30.9 Å². The molecule has 0 aliphatic carbocycles. The predicted molar refractivity (Wildman–Crippen MR) is 139 cm³/mol. The van der Waals surface area contributed by atoms with Gasteiger partial charge in [0.25, 0.3) is 5.56 Å². The van der Waals surface area contributed by atoms with Crippen molar-refractivity contribution in [2.45, 2.75) is 26.3 Å². The molecule has 0 saturated heterocycles. The Bertz CT molecular complexity index is 1550. The van der Waals surface area contributed by atoms with E-state index in [1.165, 1.54) is 10.7 Å². The summed E-state index contributed by atoms with van der Waals surface area (Å²) >= 11 is 6.42. The van der Waals surface area contributed by atoms with Gasteiger partial charge in [-0.25, -0.2) is 9.67 Å². The maximum absolute atomic E-state index is 15.3. The molecule has 0 amide bonds. The fourth-order valence-electron chi connectivity index (χ4n) is 3.83. The van der Waals surface area contributed by atoms with E-state index in [1.54, 1.807) is 55.5 Å². The smallest absolute Gasteiger partial charge is 0.305 e. The van der Waals surface area contributed by atoms with Gasteiger partial charge in [0.1, 0.15) is 11.5 Å². The maximum atomic E-state index is 15.3. The summed E-state index contributed by atoms with van der Waals surface area (Å²) in [6, 6.07) is 17.1. The third-order valence-electron chi connectivity index (χ3n) is 5.62. The number of ether oxygens (including phenoxy) is 1. The summed E-state index contributed by atoms with van der Waals surface area (Å²) in [5.41, 5.74) is 1.20. The Morgan fingerprint density at radius 1 is 1.19 bits per heavy atom. The van der Waals surface area contributed by atoms with E-state index < -0.39 is 5.95 Å². The molecule has 10 heteroatoms. The highest BCUT2D eigenvalue weighted by Gasteiger charge is 2.19. The van der Waals surface area contributed by atoms with E-state index in [0.717, 1.165) is 5.56 Å². The van der Waals surface area contributed by atoms with Gasteiger partial charge < -0.3 is 10.1 Å². The highest BCUT2D eigenvalue weighted by atomic mass is 35.5. The van der Waals surface area contributed by atoms with Crippen LogP contribution in [0.2, 0.25) is 5.02 Å². The van der Waals surface area contributed by atoms with Crippen LogP contribution in [-0.4, -0.2) is 33.9 Å². The first-order valence-corrected chi connectivity index (χ1v) is 12.0. The second kappa shape index (κ2) is 11.6. The molecule has 0 unspecified atom stereocenters. The molecule has 37 heavy (non-hydrogen) atoms. The number of anilines is 1. The molecule has 2 heterocycles. The number of pyridine rings is 1. The lowest BCUT2D eigenvalue weighted by Gasteiger charge is -2.14.